The third-order valence-electron chi connectivity index (χ3n) is 5.64. The van der Waals surface area contributed by atoms with E-state index in [9.17, 15) is 4.79 Å². The number of aromatic nitrogens is 1. The molecule has 1 aliphatic carbocycles. The highest BCUT2D eigenvalue weighted by molar-refractivity contribution is 6.00. The first-order valence-electron chi connectivity index (χ1n) is 9.80. The topological polar surface area (TPSA) is 86.5 Å². The molecule has 1 atom stereocenters. The number of hydrogen-bond acceptors (Lipinski definition) is 5. The van der Waals surface area contributed by atoms with Crippen molar-refractivity contribution < 1.29 is 14.3 Å². The van der Waals surface area contributed by atoms with Gasteiger partial charge >= 0.3 is 0 Å². The van der Waals surface area contributed by atoms with Crippen LogP contribution in [0.15, 0.2) is 42.6 Å². The minimum atomic E-state index is -0.217. The molecule has 1 heterocycles. The Morgan fingerprint density at radius 1 is 1.11 bits per heavy atom. The molecule has 150 valence electrons. The standard InChI is InChI=1S/C22H29N3O3/c1-27-18-7-5-8-19(28-2)20(18)22(26)25-21(17-6-3-4-13-24-17)16-11-9-15(14-23)10-12-16/h3-8,13,15-16,21H,9-12,14,23H2,1-2H3,(H,25,26)/t15?,16?,21-/m1/s1. The highest BCUT2D eigenvalue weighted by Gasteiger charge is 2.31. The van der Waals surface area contributed by atoms with Gasteiger partial charge in [0.15, 0.2) is 0 Å². The highest BCUT2D eigenvalue weighted by atomic mass is 16.5. The van der Waals surface area contributed by atoms with Gasteiger partial charge in [-0.15, -0.1) is 0 Å². The number of carbonyl (C=O) groups excluding carboxylic acids is 1. The molecule has 3 N–H and O–H groups in total. The Hall–Kier alpha value is -2.60. The monoisotopic (exact) mass is 383 g/mol. The van der Waals surface area contributed by atoms with Gasteiger partial charge in [-0.05, 0) is 68.3 Å². The van der Waals surface area contributed by atoms with Crippen LogP contribution in [0.25, 0.3) is 0 Å². The van der Waals surface area contributed by atoms with Crippen LogP contribution in [0.2, 0.25) is 0 Å². The molecular formula is C22H29N3O3. The van der Waals surface area contributed by atoms with E-state index in [4.69, 9.17) is 15.2 Å². The van der Waals surface area contributed by atoms with Crippen molar-refractivity contribution in [2.45, 2.75) is 31.7 Å². The smallest absolute Gasteiger partial charge is 0.259 e. The largest absolute Gasteiger partial charge is 0.496 e. The van der Waals surface area contributed by atoms with E-state index in [1.165, 1.54) is 0 Å². The fourth-order valence-corrected chi connectivity index (χ4v) is 4.04. The van der Waals surface area contributed by atoms with Gasteiger partial charge in [-0.1, -0.05) is 12.1 Å². The summed E-state index contributed by atoms with van der Waals surface area (Å²) in [6, 6.07) is 11.0. The Kier molecular flexibility index (Phi) is 6.87. The summed E-state index contributed by atoms with van der Waals surface area (Å²) in [7, 11) is 3.10. The second-order valence-electron chi connectivity index (χ2n) is 7.26. The molecular weight excluding hydrogens is 354 g/mol. The molecule has 1 aromatic carbocycles. The normalized spacial score (nSPS) is 20.2. The number of benzene rings is 1. The van der Waals surface area contributed by atoms with Crippen LogP contribution < -0.4 is 20.5 Å². The van der Waals surface area contributed by atoms with Crippen LogP contribution >= 0.6 is 0 Å². The molecule has 0 unspecified atom stereocenters. The molecule has 0 radical (unpaired) electrons. The lowest BCUT2D eigenvalue weighted by atomic mass is 9.77. The Labute approximate surface area is 166 Å². The second kappa shape index (κ2) is 9.55. The lowest BCUT2D eigenvalue weighted by Gasteiger charge is -2.34. The maximum absolute atomic E-state index is 13.2. The van der Waals surface area contributed by atoms with Crippen molar-refractivity contribution in [3.63, 3.8) is 0 Å². The van der Waals surface area contributed by atoms with Gasteiger partial charge in [-0.2, -0.15) is 0 Å². The average molecular weight is 383 g/mol. The third-order valence-corrected chi connectivity index (χ3v) is 5.64. The third kappa shape index (κ3) is 4.44. The second-order valence-corrected chi connectivity index (χ2v) is 7.26. The molecule has 0 spiro atoms. The van der Waals surface area contributed by atoms with E-state index in [1.54, 1.807) is 38.6 Å². The van der Waals surface area contributed by atoms with Gasteiger partial charge in [0.25, 0.3) is 5.91 Å². The average Bonchev–Trinajstić information content (AvgIpc) is 2.77. The minimum Gasteiger partial charge on any atom is -0.496 e. The summed E-state index contributed by atoms with van der Waals surface area (Å²) in [5, 5.41) is 3.21. The predicted molar refractivity (Wildman–Crippen MR) is 108 cm³/mol. The molecule has 2 aromatic rings. The number of methoxy groups -OCH3 is 2. The first-order chi connectivity index (χ1) is 13.7. The van der Waals surface area contributed by atoms with Crippen LogP contribution in [0.5, 0.6) is 11.5 Å². The molecule has 6 heteroatoms. The van der Waals surface area contributed by atoms with E-state index >= 15 is 0 Å². The van der Waals surface area contributed by atoms with Gasteiger partial charge in [0, 0.05) is 6.20 Å². The van der Waals surface area contributed by atoms with E-state index < -0.39 is 0 Å². The van der Waals surface area contributed by atoms with Crippen LogP contribution in [-0.2, 0) is 0 Å². The van der Waals surface area contributed by atoms with E-state index in [2.05, 4.69) is 10.3 Å². The predicted octanol–water partition coefficient (Wildman–Crippen LogP) is 3.34. The Bertz CT molecular complexity index is 752. The van der Waals surface area contributed by atoms with Gasteiger partial charge in [0.2, 0.25) is 0 Å². The SMILES string of the molecule is COc1cccc(OC)c1C(=O)N[C@@H](c1ccccn1)C1CCC(CN)CC1. The number of pyridine rings is 1. The van der Waals surface area contributed by atoms with Gasteiger partial charge in [0.05, 0.1) is 26.0 Å². The quantitative estimate of drug-likeness (QED) is 0.766. The molecule has 1 aliphatic rings. The highest BCUT2D eigenvalue weighted by Crippen LogP contribution is 2.37. The lowest BCUT2D eigenvalue weighted by molar-refractivity contribution is 0.0899. The molecule has 28 heavy (non-hydrogen) atoms. The summed E-state index contributed by atoms with van der Waals surface area (Å²) in [6.07, 6.45) is 5.97. The zero-order chi connectivity index (χ0) is 19.9. The molecule has 1 saturated carbocycles. The first kappa shape index (κ1) is 20.1. The Balaban J connectivity index is 1.87. The van der Waals surface area contributed by atoms with E-state index in [-0.39, 0.29) is 11.9 Å². The summed E-state index contributed by atoms with van der Waals surface area (Å²) in [5.74, 6) is 1.66. The summed E-state index contributed by atoms with van der Waals surface area (Å²) >= 11 is 0. The first-order valence-corrected chi connectivity index (χ1v) is 9.80. The zero-order valence-electron chi connectivity index (χ0n) is 16.6. The van der Waals surface area contributed by atoms with E-state index in [1.807, 2.05) is 18.2 Å². The van der Waals surface area contributed by atoms with Crippen LogP contribution in [0, 0.1) is 11.8 Å². The van der Waals surface area contributed by atoms with Crippen molar-refractivity contribution in [2.24, 2.45) is 17.6 Å². The molecule has 0 aliphatic heterocycles. The van der Waals surface area contributed by atoms with Crippen molar-refractivity contribution in [1.82, 2.24) is 10.3 Å². The summed E-state index contributed by atoms with van der Waals surface area (Å²) in [4.78, 5) is 17.8. The Morgan fingerprint density at radius 3 is 2.32 bits per heavy atom. The van der Waals surface area contributed by atoms with Crippen molar-refractivity contribution in [3.8, 4) is 11.5 Å². The molecule has 0 bridgehead atoms. The van der Waals surface area contributed by atoms with Crippen molar-refractivity contribution >= 4 is 5.91 Å². The summed E-state index contributed by atoms with van der Waals surface area (Å²) < 4.78 is 10.8. The number of amides is 1. The molecule has 1 aromatic heterocycles. The van der Waals surface area contributed by atoms with Crippen LogP contribution in [-0.4, -0.2) is 31.7 Å². The maximum Gasteiger partial charge on any atom is 0.259 e. The van der Waals surface area contributed by atoms with Crippen LogP contribution in [0.3, 0.4) is 0 Å². The number of nitrogens with two attached hydrogens (primary N) is 1. The minimum absolute atomic E-state index is 0.165. The molecule has 1 fully saturated rings. The zero-order valence-corrected chi connectivity index (χ0v) is 16.6. The van der Waals surface area contributed by atoms with Crippen LogP contribution in [0.1, 0.15) is 47.8 Å². The van der Waals surface area contributed by atoms with Gasteiger partial charge in [0.1, 0.15) is 17.1 Å². The Morgan fingerprint density at radius 2 is 1.79 bits per heavy atom. The number of nitrogens with zero attached hydrogens (tertiary/aromatic N) is 1. The number of ether oxygens (including phenoxy) is 2. The number of nitrogens with one attached hydrogen (secondary N) is 1. The van der Waals surface area contributed by atoms with Gasteiger partial charge in [-0.25, -0.2) is 0 Å². The summed E-state index contributed by atoms with van der Waals surface area (Å²) in [6.45, 7) is 0.728. The van der Waals surface area contributed by atoms with Crippen molar-refractivity contribution in [2.75, 3.05) is 20.8 Å². The van der Waals surface area contributed by atoms with Gasteiger partial charge < -0.3 is 20.5 Å². The molecule has 6 nitrogen and oxygen atoms in total. The number of rotatable bonds is 7. The fraction of sp³-hybridized carbons (Fsp3) is 0.455. The lowest BCUT2D eigenvalue weighted by Crippen LogP contribution is -2.36. The number of carbonyl (C=O) groups is 1. The van der Waals surface area contributed by atoms with E-state index in [0.717, 1.165) is 37.9 Å². The fourth-order valence-electron chi connectivity index (χ4n) is 4.04. The maximum atomic E-state index is 13.2. The van der Waals surface area contributed by atoms with E-state index in [0.29, 0.717) is 28.9 Å². The van der Waals surface area contributed by atoms with Crippen molar-refractivity contribution in [3.05, 3.63) is 53.9 Å². The van der Waals surface area contributed by atoms with Crippen molar-refractivity contribution in [1.29, 1.82) is 0 Å². The molecule has 3 rings (SSSR count). The molecule has 1 amide bonds. The van der Waals surface area contributed by atoms with Gasteiger partial charge in [-0.3, -0.25) is 9.78 Å². The number of hydrogen-bond donors (Lipinski definition) is 2. The summed E-state index contributed by atoms with van der Waals surface area (Å²) in [5.41, 5.74) is 7.13. The molecule has 0 saturated heterocycles. The van der Waals surface area contributed by atoms with Crippen LogP contribution in [0.4, 0.5) is 0 Å².